The summed E-state index contributed by atoms with van der Waals surface area (Å²) >= 11 is 0. The van der Waals surface area contributed by atoms with Gasteiger partial charge in [-0.2, -0.15) is 0 Å². The molecule has 25 heavy (non-hydrogen) atoms. The number of rotatable bonds is 4. The fourth-order valence-electron chi connectivity index (χ4n) is 3.49. The third-order valence-corrected chi connectivity index (χ3v) is 4.84. The van der Waals surface area contributed by atoms with Gasteiger partial charge < -0.3 is 19.8 Å². The molecule has 7 nitrogen and oxygen atoms in total. The summed E-state index contributed by atoms with van der Waals surface area (Å²) in [6, 6.07) is 8.48. The van der Waals surface area contributed by atoms with Crippen LogP contribution in [0.4, 0.5) is 5.82 Å². The summed E-state index contributed by atoms with van der Waals surface area (Å²) in [5, 5.41) is 3.59. The molecule has 0 saturated carbocycles. The number of fused-ring (bicyclic) bond motifs is 1. The molecule has 3 heterocycles. The number of aromatic nitrogens is 4. The number of aryl methyl sites for hydroxylation is 1. The van der Waals surface area contributed by atoms with Gasteiger partial charge in [0.05, 0.1) is 17.6 Å². The molecule has 2 N–H and O–H groups in total. The molecule has 1 aliphatic heterocycles. The number of benzene rings is 1. The fraction of sp³-hybridized carbons (Fsp3) is 0.389. The van der Waals surface area contributed by atoms with Crippen molar-refractivity contribution in [3.05, 3.63) is 52.8 Å². The van der Waals surface area contributed by atoms with Crippen LogP contribution in [0, 0.1) is 0 Å². The molecule has 130 valence electrons. The Bertz CT molecular complexity index is 930. The molecule has 0 amide bonds. The number of hydrogen-bond donors (Lipinski definition) is 2. The molecule has 1 aromatic carbocycles. The molecular formula is C18H22N6O. The van der Waals surface area contributed by atoms with Gasteiger partial charge in [-0.25, -0.2) is 9.97 Å². The van der Waals surface area contributed by atoms with Gasteiger partial charge in [-0.1, -0.05) is 12.1 Å². The molecule has 4 rings (SSSR count). The highest BCUT2D eigenvalue weighted by Gasteiger charge is 2.22. The molecule has 0 bridgehead atoms. The second-order valence-corrected chi connectivity index (χ2v) is 6.48. The first-order chi connectivity index (χ1) is 12.2. The summed E-state index contributed by atoms with van der Waals surface area (Å²) in [5.74, 6) is 1.53. The van der Waals surface area contributed by atoms with E-state index in [1.807, 2.05) is 25.2 Å². The van der Waals surface area contributed by atoms with Crippen molar-refractivity contribution in [3.8, 4) is 0 Å². The van der Waals surface area contributed by atoms with Crippen molar-refractivity contribution in [3.63, 3.8) is 0 Å². The topological polar surface area (TPSA) is 78.8 Å². The molecule has 0 spiro atoms. The molecule has 3 aromatic rings. The lowest BCUT2D eigenvalue weighted by molar-refractivity contribution is 0.413. The Labute approximate surface area is 145 Å². The van der Waals surface area contributed by atoms with Crippen LogP contribution in [0.5, 0.6) is 0 Å². The quantitative estimate of drug-likeness (QED) is 0.752. The Morgan fingerprint density at radius 2 is 2.24 bits per heavy atom. The summed E-state index contributed by atoms with van der Waals surface area (Å²) in [6.07, 6.45) is 5.33. The number of aromatic amines is 1. The van der Waals surface area contributed by atoms with Gasteiger partial charge in [0.1, 0.15) is 5.82 Å². The van der Waals surface area contributed by atoms with Crippen molar-refractivity contribution in [2.75, 3.05) is 18.0 Å². The van der Waals surface area contributed by atoms with Crippen molar-refractivity contribution >= 4 is 16.9 Å². The molecular weight excluding hydrogens is 316 g/mol. The number of para-hydroxylation sites is 2. The van der Waals surface area contributed by atoms with Crippen LogP contribution < -0.4 is 15.8 Å². The van der Waals surface area contributed by atoms with Gasteiger partial charge in [0.2, 0.25) is 0 Å². The predicted octanol–water partition coefficient (Wildman–Crippen LogP) is 1.42. The first-order valence-corrected chi connectivity index (χ1v) is 8.65. The lowest BCUT2D eigenvalue weighted by atomic mass is 10.1. The lowest BCUT2D eigenvalue weighted by Crippen LogP contribution is -2.47. The zero-order valence-corrected chi connectivity index (χ0v) is 14.3. The van der Waals surface area contributed by atoms with E-state index in [2.05, 4.69) is 30.8 Å². The molecule has 1 fully saturated rings. The molecule has 1 aliphatic rings. The van der Waals surface area contributed by atoms with E-state index in [1.54, 1.807) is 12.4 Å². The number of H-pyrrole nitrogens is 1. The van der Waals surface area contributed by atoms with E-state index in [9.17, 15) is 4.79 Å². The average Bonchev–Trinajstić information content (AvgIpc) is 2.97. The second kappa shape index (κ2) is 6.68. The number of anilines is 1. The van der Waals surface area contributed by atoms with Crippen molar-refractivity contribution < 1.29 is 0 Å². The number of imidazole rings is 1. The minimum atomic E-state index is -0.126. The largest absolute Gasteiger partial charge is 0.350 e. The zero-order chi connectivity index (χ0) is 17.2. The van der Waals surface area contributed by atoms with Crippen LogP contribution in [0.3, 0.4) is 0 Å². The van der Waals surface area contributed by atoms with Gasteiger partial charge >= 0.3 is 0 Å². The number of piperidine rings is 1. The summed E-state index contributed by atoms with van der Waals surface area (Å²) in [5.41, 5.74) is 2.04. The highest BCUT2D eigenvalue weighted by Crippen LogP contribution is 2.17. The van der Waals surface area contributed by atoms with Crippen LogP contribution in [0.25, 0.3) is 11.0 Å². The summed E-state index contributed by atoms with van der Waals surface area (Å²) in [6.45, 7) is 2.36. The third kappa shape index (κ3) is 3.15. The van der Waals surface area contributed by atoms with Gasteiger partial charge in [0.15, 0.2) is 5.82 Å². The van der Waals surface area contributed by atoms with Crippen LogP contribution in [0.2, 0.25) is 0 Å². The first kappa shape index (κ1) is 15.8. The molecule has 0 unspecified atom stereocenters. The maximum atomic E-state index is 12.0. The molecule has 1 atom stereocenters. The van der Waals surface area contributed by atoms with E-state index in [1.165, 1.54) is 0 Å². The number of hydrogen-bond acceptors (Lipinski definition) is 5. The molecule has 0 radical (unpaired) electrons. The molecule has 1 saturated heterocycles. The minimum absolute atomic E-state index is 0.126. The third-order valence-electron chi connectivity index (χ3n) is 4.84. The SMILES string of the molecule is Cn1c(CN[C@@H]2CCCN(c3ncc[nH]c3=O)C2)nc2ccccc21. The molecule has 2 aromatic heterocycles. The average molecular weight is 338 g/mol. The van der Waals surface area contributed by atoms with Gasteiger partial charge in [-0.15, -0.1) is 0 Å². The van der Waals surface area contributed by atoms with Gasteiger partial charge in [0.25, 0.3) is 5.56 Å². The van der Waals surface area contributed by atoms with Crippen LogP contribution in [-0.4, -0.2) is 38.7 Å². The fourth-order valence-corrected chi connectivity index (χ4v) is 3.49. The highest BCUT2D eigenvalue weighted by atomic mass is 16.1. The van der Waals surface area contributed by atoms with Crippen molar-refractivity contribution in [1.82, 2.24) is 24.8 Å². The Balaban J connectivity index is 1.45. The van der Waals surface area contributed by atoms with Crippen LogP contribution in [0.15, 0.2) is 41.5 Å². The van der Waals surface area contributed by atoms with Crippen molar-refractivity contribution in [1.29, 1.82) is 0 Å². The predicted molar refractivity (Wildman–Crippen MR) is 97.6 cm³/mol. The van der Waals surface area contributed by atoms with E-state index < -0.39 is 0 Å². The van der Waals surface area contributed by atoms with E-state index >= 15 is 0 Å². The maximum absolute atomic E-state index is 12.0. The zero-order valence-electron chi connectivity index (χ0n) is 14.3. The van der Waals surface area contributed by atoms with Gasteiger partial charge in [-0.3, -0.25) is 4.79 Å². The molecule has 0 aliphatic carbocycles. The standard InChI is InChI=1S/C18H22N6O/c1-23-15-7-3-2-6-14(15)22-16(23)11-21-13-5-4-10-24(12-13)17-18(25)20-9-8-19-17/h2-3,6-9,13,21H,4-5,10-12H2,1H3,(H,20,25)/t13-/m1/s1. The van der Waals surface area contributed by atoms with Crippen LogP contribution in [0.1, 0.15) is 18.7 Å². The van der Waals surface area contributed by atoms with Crippen LogP contribution in [-0.2, 0) is 13.6 Å². The van der Waals surface area contributed by atoms with Gasteiger partial charge in [-0.05, 0) is 25.0 Å². The lowest BCUT2D eigenvalue weighted by Gasteiger charge is -2.33. The normalized spacial score (nSPS) is 18.0. The van der Waals surface area contributed by atoms with E-state index in [0.29, 0.717) is 18.4 Å². The first-order valence-electron chi connectivity index (χ1n) is 8.65. The smallest absolute Gasteiger partial charge is 0.290 e. The highest BCUT2D eigenvalue weighted by molar-refractivity contribution is 5.75. The number of nitrogens with zero attached hydrogens (tertiary/aromatic N) is 4. The molecule has 7 heteroatoms. The van der Waals surface area contributed by atoms with E-state index in [0.717, 1.165) is 42.8 Å². The Morgan fingerprint density at radius 1 is 1.36 bits per heavy atom. The summed E-state index contributed by atoms with van der Waals surface area (Å²) in [7, 11) is 2.05. The Hall–Kier alpha value is -2.67. The monoisotopic (exact) mass is 338 g/mol. The van der Waals surface area contributed by atoms with Crippen molar-refractivity contribution in [2.45, 2.75) is 25.4 Å². The van der Waals surface area contributed by atoms with E-state index in [-0.39, 0.29) is 5.56 Å². The van der Waals surface area contributed by atoms with Gasteiger partial charge in [0, 0.05) is 38.6 Å². The van der Waals surface area contributed by atoms with Crippen molar-refractivity contribution in [2.24, 2.45) is 7.05 Å². The minimum Gasteiger partial charge on any atom is -0.350 e. The van der Waals surface area contributed by atoms with Crippen LogP contribution >= 0.6 is 0 Å². The Morgan fingerprint density at radius 3 is 3.08 bits per heavy atom. The maximum Gasteiger partial charge on any atom is 0.290 e. The summed E-state index contributed by atoms with van der Waals surface area (Å²) < 4.78 is 2.13. The summed E-state index contributed by atoms with van der Waals surface area (Å²) in [4.78, 5) is 25.7. The second-order valence-electron chi connectivity index (χ2n) is 6.48. The number of nitrogens with one attached hydrogen (secondary N) is 2. The van der Waals surface area contributed by atoms with E-state index in [4.69, 9.17) is 4.98 Å². The Kier molecular flexibility index (Phi) is 4.23.